The van der Waals surface area contributed by atoms with Gasteiger partial charge in [0.1, 0.15) is 36.6 Å². The van der Waals surface area contributed by atoms with Crippen molar-refractivity contribution in [2.45, 2.75) is 95.9 Å². The maximum Gasteiger partial charge on any atom is 0.470 e. The molecule has 15 nitrogen and oxygen atoms in total. The Morgan fingerprint density at radius 1 is 0.472 bits per heavy atom. The summed E-state index contributed by atoms with van der Waals surface area (Å²) < 4.78 is 67.5. The zero-order valence-corrected chi connectivity index (χ0v) is 23.2. The molecule has 0 amide bonds. The quantitative estimate of drug-likeness (QED) is 0.0994. The molecular formula is C18H39O15P3. The van der Waals surface area contributed by atoms with E-state index < -0.39 is 60.1 Å². The molecule has 0 aromatic heterocycles. The molecule has 0 aromatic rings. The molecule has 0 unspecified atom stereocenters. The van der Waals surface area contributed by atoms with Gasteiger partial charge in [0.25, 0.3) is 0 Å². The van der Waals surface area contributed by atoms with Gasteiger partial charge in [0, 0.05) is 19.8 Å². The van der Waals surface area contributed by atoms with Crippen molar-refractivity contribution in [3.63, 3.8) is 0 Å². The molecule has 1 aliphatic carbocycles. The third-order valence-electron chi connectivity index (χ3n) is 5.14. The van der Waals surface area contributed by atoms with Crippen molar-refractivity contribution in [2.75, 3.05) is 19.8 Å². The summed E-state index contributed by atoms with van der Waals surface area (Å²) in [6.45, 7) is 5.82. The molecule has 0 saturated heterocycles. The summed E-state index contributed by atoms with van der Waals surface area (Å²) in [5.74, 6) is 0. The zero-order valence-electron chi connectivity index (χ0n) is 20.5. The molecule has 0 bridgehead atoms. The van der Waals surface area contributed by atoms with Gasteiger partial charge < -0.3 is 43.6 Å². The Kier molecular flexibility index (Phi) is 14.9. The van der Waals surface area contributed by atoms with Gasteiger partial charge in [0.2, 0.25) is 0 Å². The van der Waals surface area contributed by atoms with Crippen LogP contribution in [0.25, 0.3) is 0 Å². The number of rotatable bonds is 18. The molecule has 0 aliphatic heterocycles. The highest BCUT2D eigenvalue weighted by molar-refractivity contribution is 7.47. The average Bonchev–Trinajstić information content (AvgIpc) is 2.72. The lowest BCUT2D eigenvalue weighted by Gasteiger charge is -2.49. The predicted octanol–water partition coefficient (Wildman–Crippen LogP) is 1.99. The minimum absolute atomic E-state index is 0.0458. The van der Waals surface area contributed by atoms with Crippen LogP contribution in [0.3, 0.4) is 0 Å². The molecule has 1 saturated carbocycles. The first kappa shape index (κ1) is 34.2. The van der Waals surface area contributed by atoms with Crippen LogP contribution in [0.1, 0.15) is 59.3 Å². The number of hydrogen-bond donors (Lipinski definition) is 6. The molecule has 6 N–H and O–H groups in total. The van der Waals surface area contributed by atoms with E-state index in [1.807, 2.05) is 20.8 Å². The molecular weight excluding hydrogens is 549 g/mol. The van der Waals surface area contributed by atoms with E-state index in [1.54, 1.807) is 0 Å². The summed E-state index contributed by atoms with van der Waals surface area (Å²) in [6, 6.07) is 0. The fourth-order valence-electron chi connectivity index (χ4n) is 3.62. The van der Waals surface area contributed by atoms with Crippen LogP contribution >= 0.6 is 23.5 Å². The van der Waals surface area contributed by atoms with Crippen molar-refractivity contribution in [2.24, 2.45) is 0 Å². The van der Waals surface area contributed by atoms with Crippen LogP contribution in [-0.4, -0.2) is 85.8 Å². The summed E-state index contributed by atoms with van der Waals surface area (Å²) in [4.78, 5) is 57.2. The van der Waals surface area contributed by atoms with Crippen molar-refractivity contribution in [1.29, 1.82) is 0 Å². The average molecular weight is 588 g/mol. The lowest BCUT2D eigenvalue weighted by molar-refractivity contribution is -0.248. The molecule has 216 valence electrons. The van der Waals surface area contributed by atoms with Crippen molar-refractivity contribution < 1.29 is 70.8 Å². The molecule has 6 atom stereocenters. The van der Waals surface area contributed by atoms with Crippen molar-refractivity contribution in [3.8, 4) is 0 Å². The monoisotopic (exact) mass is 588 g/mol. The van der Waals surface area contributed by atoms with Crippen LogP contribution < -0.4 is 0 Å². The molecule has 0 radical (unpaired) electrons. The van der Waals surface area contributed by atoms with E-state index in [1.165, 1.54) is 0 Å². The maximum atomic E-state index is 11.8. The summed E-state index contributed by atoms with van der Waals surface area (Å²) in [5.41, 5.74) is 0. The van der Waals surface area contributed by atoms with E-state index in [-0.39, 0.29) is 19.8 Å². The van der Waals surface area contributed by atoms with Gasteiger partial charge in [-0.05, 0) is 19.3 Å². The lowest BCUT2D eigenvalue weighted by atomic mass is 9.84. The maximum absolute atomic E-state index is 11.8. The Morgan fingerprint density at radius 3 is 0.917 bits per heavy atom. The minimum Gasteiger partial charge on any atom is -0.373 e. The standard InChI is InChI=1S/C18H39O15P3/c1-4-7-10-28-13-14(29-11-8-5-2)16(31-34(19,20)21)18(33-36(25,26)27)17(32-35(22,23)24)15(13)30-12-9-6-3/h13-18H,4-12H2,1-3H3,(H2,19,20,21)(H2,22,23,24)(H2,25,26,27)/t13-,14-,15+,16-,17-,18-/m0/s1. The van der Waals surface area contributed by atoms with Crippen molar-refractivity contribution in [1.82, 2.24) is 0 Å². The molecule has 0 heterocycles. The van der Waals surface area contributed by atoms with E-state index in [0.29, 0.717) is 38.5 Å². The third-order valence-corrected chi connectivity index (χ3v) is 6.70. The Balaban J connectivity index is 3.68. The second-order valence-corrected chi connectivity index (χ2v) is 11.8. The molecule has 18 heteroatoms. The van der Waals surface area contributed by atoms with Crippen molar-refractivity contribution in [3.05, 3.63) is 0 Å². The number of phosphoric acid groups is 3. The van der Waals surface area contributed by atoms with Crippen LogP contribution in [0.2, 0.25) is 0 Å². The van der Waals surface area contributed by atoms with Crippen LogP contribution in [0, 0.1) is 0 Å². The van der Waals surface area contributed by atoms with Crippen molar-refractivity contribution >= 4 is 23.5 Å². The van der Waals surface area contributed by atoms with Crippen LogP contribution in [0.15, 0.2) is 0 Å². The normalized spacial score (nSPS) is 27.9. The summed E-state index contributed by atoms with van der Waals surface area (Å²) in [7, 11) is -16.1. The Bertz CT molecular complexity index is 719. The van der Waals surface area contributed by atoms with Crippen LogP contribution in [0.5, 0.6) is 0 Å². The first-order valence-corrected chi connectivity index (χ1v) is 16.3. The van der Waals surface area contributed by atoms with Gasteiger partial charge in [-0.15, -0.1) is 0 Å². The second-order valence-electron chi connectivity index (χ2n) is 8.25. The van der Waals surface area contributed by atoms with Gasteiger partial charge in [0.15, 0.2) is 0 Å². The van der Waals surface area contributed by atoms with E-state index in [9.17, 15) is 43.1 Å². The highest BCUT2D eigenvalue weighted by Gasteiger charge is 2.59. The molecule has 1 fully saturated rings. The number of hydrogen-bond acceptors (Lipinski definition) is 9. The Morgan fingerprint density at radius 2 is 0.694 bits per heavy atom. The number of phosphoric ester groups is 3. The fraction of sp³-hybridized carbons (Fsp3) is 1.00. The van der Waals surface area contributed by atoms with Gasteiger partial charge in [-0.3, -0.25) is 13.6 Å². The number of unbranched alkanes of at least 4 members (excludes halogenated alkanes) is 3. The first-order valence-electron chi connectivity index (χ1n) is 11.7. The Labute approximate surface area is 210 Å². The summed E-state index contributed by atoms with van der Waals surface area (Å²) in [6.07, 6.45) is -6.51. The predicted molar refractivity (Wildman–Crippen MR) is 125 cm³/mol. The molecule has 1 aliphatic rings. The van der Waals surface area contributed by atoms with Gasteiger partial charge in [-0.25, -0.2) is 13.7 Å². The number of ether oxygens (including phenoxy) is 3. The van der Waals surface area contributed by atoms with Gasteiger partial charge in [-0.1, -0.05) is 40.0 Å². The zero-order chi connectivity index (χ0) is 27.6. The van der Waals surface area contributed by atoms with E-state index in [0.717, 1.165) is 0 Å². The molecule has 0 spiro atoms. The fourth-order valence-corrected chi connectivity index (χ4v) is 5.29. The van der Waals surface area contributed by atoms with Gasteiger partial charge in [-0.2, -0.15) is 0 Å². The van der Waals surface area contributed by atoms with E-state index in [4.69, 9.17) is 27.8 Å². The third kappa shape index (κ3) is 12.8. The van der Waals surface area contributed by atoms with Gasteiger partial charge in [0.05, 0.1) is 0 Å². The largest absolute Gasteiger partial charge is 0.470 e. The van der Waals surface area contributed by atoms with Crippen LogP contribution in [0.4, 0.5) is 0 Å². The highest BCUT2D eigenvalue weighted by Crippen LogP contribution is 2.51. The molecule has 1 rings (SSSR count). The minimum atomic E-state index is -5.42. The molecule has 0 aromatic carbocycles. The van der Waals surface area contributed by atoms with Gasteiger partial charge >= 0.3 is 23.5 Å². The molecule has 36 heavy (non-hydrogen) atoms. The summed E-state index contributed by atoms with van der Waals surface area (Å²) >= 11 is 0. The first-order chi connectivity index (χ1) is 16.6. The second kappa shape index (κ2) is 15.7. The van der Waals surface area contributed by atoms with E-state index >= 15 is 0 Å². The van der Waals surface area contributed by atoms with E-state index in [2.05, 4.69) is 0 Å². The summed E-state index contributed by atoms with van der Waals surface area (Å²) in [5, 5.41) is 0. The topological polar surface area (TPSA) is 228 Å². The van der Waals surface area contributed by atoms with Crippen LogP contribution in [-0.2, 0) is 41.5 Å². The Hall–Kier alpha value is 0.210. The smallest absolute Gasteiger partial charge is 0.373 e. The lowest BCUT2D eigenvalue weighted by Crippen LogP contribution is -2.67. The highest BCUT2D eigenvalue weighted by atomic mass is 31.2. The SMILES string of the molecule is CCCCO[C@@H]1[C@@H](OCCCC)[C@H](OP(=O)(O)O)[C@@H](OP(=O)(O)O)[C@@H](OP(=O)(O)O)[C@H]1OCCCC.